The lowest BCUT2D eigenvalue weighted by Crippen LogP contribution is -2.42. The smallest absolute Gasteiger partial charge is 0.274 e. The molecule has 2 N–H and O–H groups in total. The summed E-state index contributed by atoms with van der Waals surface area (Å²) in [5.74, 6) is -0.524. The van der Waals surface area contributed by atoms with Crippen LogP contribution in [0, 0.1) is 0 Å². The molecule has 8 nitrogen and oxygen atoms in total. The lowest BCUT2D eigenvalue weighted by atomic mass is 10.1. The number of nitrogens with one attached hydrogen (secondary N) is 1. The number of fused-ring (bicyclic) bond motifs is 2. The minimum absolute atomic E-state index is 0.244. The van der Waals surface area contributed by atoms with Gasteiger partial charge in [-0.25, -0.2) is 13.1 Å². The minimum atomic E-state index is -4.13. The highest BCUT2D eigenvalue weighted by atomic mass is 32.2. The van der Waals surface area contributed by atoms with E-state index in [2.05, 4.69) is 4.72 Å². The Balaban J connectivity index is 1.32. The molecule has 4 aromatic rings. The predicted octanol–water partition coefficient (Wildman–Crippen LogP) is 2.96. The number of imide groups is 1. The number of furan rings is 1. The summed E-state index contributed by atoms with van der Waals surface area (Å²) in [6, 6.07) is 22.9. The fourth-order valence-corrected chi connectivity index (χ4v) is 5.41. The summed E-state index contributed by atoms with van der Waals surface area (Å²) in [6.07, 6.45) is -0.892. The molecule has 1 aliphatic heterocycles. The zero-order valence-corrected chi connectivity index (χ0v) is 19.4. The maximum absolute atomic E-state index is 13.1. The van der Waals surface area contributed by atoms with Crippen molar-refractivity contribution in [1.29, 1.82) is 0 Å². The number of nitrogens with zero attached hydrogens (tertiary/aromatic N) is 1. The van der Waals surface area contributed by atoms with Gasteiger partial charge in [0.2, 0.25) is 5.09 Å². The Morgan fingerprint density at radius 2 is 1.40 bits per heavy atom. The number of benzene rings is 3. The highest BCUT2D eigenvalue weighted by Crippen LogP contribution is 2.31. The van der Waals surface area contributed by atoms with Crippen molar-refractivity contribution < 1.29 is 27.5 Å². The van der Waals surface area contributed by atoms with E-state index in [9.17, 15) is 23.1 Å². The largest absolute Gasteiger partial charge is 0.447 e. The van der Waals surface area contributed by atoms with Crippen LogP contribution in [0.3, 0.4) is 0 Å². The van der Waals surface area contributed by atoms with E-state index in [0.29, 0.717) is 23.0 Å². The molecule has 35 heavy (non-hydrogen) atoms. The zero-order chi connectivity index (χ0) is 24.6. The molecule has 0 saturated heterocycles. The molecule has 0 saturated carbocycles. The number of hydrogen-bond donors (Lipinski definition) is 2. The SMILES string of the molecule is O=C1c2ccccc2C(=O)N1CC(O)CNS(=O)(=O)c1oc(Cc2ccccc2)c2ccccc12. The van der Waals surface area contributed by atoms with Crippen LogP contribution in [-0.2, 0) is 16.4 Å². The number of aliphatic hydroxyl groups excluding tert-OH is 1. The van der Waals surface area contributed by atoms with E-state index in [1.165, 1.54) is 0 Å². The van der Waals surface area contributed by atoms with Crippen LogP contribution in [-0.4, -0.2) is 49.4 Å². The van der Waals surface area contributed by atoms with Crippen molar-refractivity contribution in [3.8, 4) is 0 Å². The number of rotatable bonds is 8. The first-order valence-electron chi connectivity index (χ1n) is 11.0. The van der Waals surface area contributed by atoms with E-state index in [4.69, 9.17) is 4.42 Å². The highest BCUT2D eigenvalue weighted by Gasteiger charge is 2.36. The van der Waals surface area contributed by atoms with Gasteiger partial charge in [0, 0.05) is 23.7 Å². The van der Waals surface area contributed by atoms with Crippen molar-refractivity contribution in [2.75, 3.05) is 13.1 Å². The summed E-state index contributed by atoms with van der Waals surface area (Å²) in [5.41, 5.74) is 1.50. The molecule has 2 amide bonds. The summed E-state index contributed by atoms with van der Waals surface area (Å²) < 4.78 is 34.4. The fraction of sp³-hybridized carbons (Fsp3) is 0.154. The van der Waals surface area contributed by atoms with Crippen LogP contribution in [0.15, 0.2) is 88.4 Å². The Hall–Kier alpha value is -3.79. The van der Waals surface area contributed by atoms with Crippen LogP contribution in [0.1, 0.15) is 32.0 Å². The fourth-order valence-electron chi connectivity index (χ4n) is 4.19. The van der Waals surface area contributed by atoms with Gasteiger partial charge < -0.3 is 9.52 Å². The van der Waals surface area contributed by atoms with Crippen LogP contribution in [0.2, 0.25) is 0 Å². The number of amides is 2. The first-order valence-corrected chi connectivity index (χ1v) is 12.5. The monoisotopic (exact) mass is 490 g/mol. The average Bonchev–Trinajstić information content (AvgIpc) is 3.35. The molecule has 1 aromatic heterocycles. The Morgan fingerprint density at radius 1 is 0.829 bits per heavy atom. The summed E-state index contributed by atoms with van der Waals surface area (Å²) in [6.45, 7) is -0.744. The van der Waals surface area contributed by atoms with Crippen molar-refractivity contribution in [2.45, 2.75) is 17.6 Å². The summed E-state index contributed by atoms with van der Waals surface area (Å²) in [5, 5.41) is 11.3. The number of hydrogen-bond acceptors (Lipinski definition) is 6. The van der Waals surface area contributed by atoms with Crippen molar-refractivity contribution in [3.63, 3.8) is 0 Å². The summed E-state index contributed by atoms with van der Waals surface area (Å²) in [7, 11) is -4.13. The Morgan fingerprint density at radius 3 is 2.06 bits per heavy atom. The predicted molar refractivity (Wildman–Crippen MR) is 128 cm³/mol. The number of sulfonamides is 1. The topological polar surface area (TPSA) is 117 Å². The van der Waals surface area contributed by atoms with Gasteiger partial charge in [-0.15, -0.1) is 0 Å². The van der Waals surface area contributed by atoms with Gasteiger partial charge in [0.1, 0.15) is 5.76 Å². The first-order chi connectivity index (χ1) is 16.8. The molecule has 1 unspecified atom stereocenters. The second kappa shape index (κ2) is 9.10. The maximum Gasteiger partial charge on any atom is 0.274 e. The van der Waals surface area contributed by atoms with Crippen molar-refractivity contribution in [2.24, 2.45) is 0 Å². The quantitative estimate of drug-likeness (QED) is 0.367. The first kappa shape index (κ1) is 23.0. The number of aliphatic hydroxyl groups is 1. The van der Waals surface area contributed by atoms with E-state index in [1.807, 2.05) is 36.4 Å². The number of carbonyl (C=O) groups excluding carboxylic acids is 2. The standard InChI is InChI=1S/C26H22N2O6S/c29-18(16-28-24(30)20-11-5-6-12-21(20)25(28)31)15-27-35(32,33)26-22-13-7-4-10-19(22)23(34-26)14-17-8-2-1-3-9-17/h1-13,18,27,29H,14-16H2. The van der Waals surface area contributed by atoms with Crippen LogP contribution in [0.4, 0.5) is 0 Å². The molecule has 178 valence electrons. The van der Waals surface area contributed by atoms with Crippen LogP contribution in [0.5, 0.6) is 0 Å². The van der Waals surface area contributed by atoms with E-state index in [-0.39, 0.29) is 22.8 Å². The lowest BCUT2D eigenvalue weighted by Gasteiger charge is -2.18. The van der Waals surface area contributed by atoms with Crippen LogP contribution < -0.4 is 4.72 Å². The second-order valence-corrected chi connectivity index (χ2v) is 9.96. The van der Waals surface area contributed by atoms with Gasteiger partial charge in [-0.05, 0) is 23.8 Å². The third-order valence-electron chi connectivity index (χ3n) is 5.90. The Bertz CT molecular complexity index is 1490. The van der Waals surface area contributed by atoms with Crippen LogP contribution in [0.25, 0.3) is 10.8 Å². The molecule has 5 rings (SSSR count). The lowest BCUT2D eigenvalue weighted by molar-refractivity contribution is 0.0550. The maximum atomic E-state index is 13.1. The summed E-state index contributed by atoms with van der Waals surface area (Å²) in [4.78, 5) is 25.9. The molecule has 1 aliphatic rings. The van der Waals surface area contributed by atoms with Crippen LogP contribution >= 0.6 is 0 Å². The molecular formula is C26H22N2O6S. The van der Waals surface area contributed by atoms with Crippen molar-refractivity contribution >= 4 is 32.6 Å². The van der Waals surface area contributed by atoms with E-state index < -0.39 is 34.5 Å². The van der Waals surface area contributed by atoms with Gasteiger partial charge in [-0.3, -0.25) is 14.5 Å². The second-order valence-electron chi connectivity index (χ2n) is 8.29. The van der Waals surface area contributed by atoms with E-state index in [0.717, 1.165) is 10.5 Å². The van der Waals surface area contributed by atoms with Crippen molar-refractivity contribution in [1.82, 2.24) is 9.62 Å². The minimum Gasteiger partial charge on any atom is -0.447 e. The van der Waals surface area contributed by atoms with Gasteiger partial charge in [0.15, 0.2) is 0 Å². The molecule has 0 fully saturated rings. The molecule has 0 aliphatic carbocycles. The molecule has 0 bridgehead atoms. The molecule has 0 radical (unpaired) electrons. The molecule has 2 heterocycles. The highest BCUT2D eigenvalue weighted by molar-refractivity contribution is 7.89. The van der Waals surface area contributed by atoms with E-state index in [1.54, 1.807) is 42.5 Å². The molecule has 1 atom stereocenters. The molecule has 3 aromatic carbocycles. The summed E-state index contributed by atoms with van der Waals surface area (Å²) >= 11 is 0. The van der Waals surface area contributed by atoms with Gasteiger partial charge >= 0.3 is 0 Å². The van der Waals surface area contributed by atoms with Crippen molar-refractivity contribution in [3.05, 3.63) is 101 Å². The Kier molecular flexibility index (Phi) is 5.98. The zero-order valence-electron chi connectivity index (χ0n) is 18.5. The third kappa shape index (κ3) is 4.37. The average molecular weight is 491 g/mol. The molecular weight excluding hydrogens is 468 g/mol. The van der Waals surface area contributed by atoms with Gasteiger partial charge in [0.05, 0.1) is 23.8 Å². The number of carbonyl (C=O) groups is 2. The van der Waals surface area contributed by atoms with Gasteiger partial charge in [-0.1, -0.05) is 60.7 Å². The van der Waals surface area contributed by atoms with Gasteiger partial charge in [-0.2, -0.15) is 0 Å². The normalized spacial score (nSPS) is 14.5. The third-order valence-corrected chi connectivity index (χ3v) is 7.23. The van der Waals surface area contributed by atoms with Gasteiger partial charge in [0.25, 0.3) is 21.8 Å². The Labute approximate surface area is 201 Å². The molecule has 0 spiro atoms. The van der Waals surface area contributed by atoms with E-state index >= 15 is 0 Å². The molecule has 9 heteroatoms. The number of β-amino-alcohol motifs (C(OH)–C–C–N with tert-alkyl or cyclic N) is 1.